The van der Waals surface area contributed by atoms with Crippen molar-refractivity contribution in [2.24, 2.45) is 0 Å². The molecule has 1 saturated heterocycles. The number of ether oxygens (including phenoxy) is 1. The van der Waals surface area contributed by atoms with Gasteiger partial charge in [-0.1, -0.05) is 30.7 Å². The summed E-state index contributed by atoms with van der Waals surface area (Å²) in [5.74, 6) is -1.58. The molecule has 1 fully saturated rings. The minimum absolute atomic E-state index is 0.0890. The predicted molar refractivity (Wildman–Crippen MR) is 120 cm³/mol. The largest absolute Gasteiger partial charge is 0.465 e. The fourth-order valence-electron chi connectivity index (χ4n) is 3.76. The Labute approximate surface area is 191 Å². The lowest BCUT2D eigenvalue weighted by Gasteiger charge is -2.33. The zero-order valence-electron chi connectivity index (χ0n) is 18.2. The Hall–Kier alpha value is -3.19. The molecule has 1 heterocycles. The van der Waals surface area contributed by atoms with Crippen LogP contribution in [0, 0.1) is 0 Å². The Kier molecular flexibility index (Phi) is 7.30. The van der Waals surface area contributed by atoms with E-state index in [1.54, 1.807) is 24.3 Å². The maximum atomic E-state index is 13.3. The summed E-state index contributed by atoms with van der Waals surface area (Å²) in [6.45, 7) is 3.79. The van der Waals surface area contributed by atoms with Gasteiger partial charge in [0.25, 0.3) is 5.91 Å². The lowest BCUT2D eigenvalue weighted by molar-refractivity contribution is -0.140. The molecule has 2 aromatic rings. The molecule has 1 aliphatic heterocycles. The minimum Gasteiger partial charge on any atom is -0.465 e. The summed E-state index contributed by atoms with van der Waals surface area (Å²) in [4.78, 5) is 53.5. The first-order valence-electron chi connectivity index (χ1n) is 10.4. The zero-order valence-corrected chi connectivity index (χ0v) is 19.0. The second-order valence-corrected chi connectivity index (χ2v) is 8.12. The summed E-state index contributed by atoms with van der Waals surface area (Å²) in [6, 6.07) is 11.9. The molecule has 0 bridgehead atoms. The van der Waals surface area contributed by atoms with E-state index in [2.05, 4.69) is 4.74 Å². The summed E-state index contributed by atoms with van der Waals surface area (Å²) in [5, 5.41) is 0.574. The fraction of sp³-hybridized carbons (Fsp3) is 0.333. The highest BCUT2D eigenvalue weighted by Crippen LogP contribution is 2.28. The van der Waals surface area contributed by atoms with Crippen LogP contribution in [0.15, 0.2) is 48.5 Å². The second kappa shape index (κ2) is 9.96. The van der Waals surface area contributed by atoms with E-state index in [1.165, 1.54) is 36.3 Å². The molecule has 168 valence electrons. The number of anilines is 1. The van der Waals surface area contributed by atoms with Crippen LogP contribution in [0.25, 0.3) is 0 Å². The molecular formula is C24H25ClN2O5. The standard InChI is InChI=1S/C24H25ClN2O5/c1-4-15(2)26(21(28)13-16-5-9-18(25)10-6-16)20-14-22(29)27(23(20)30)19-11-7-17(8-12-19)24(31)32-3/h5-12,15,20H,4,13-14H2,1-3H3. The van der Waals surface area contributed by atoms with Crippen molar-refractivity contribution in [1.82, 2.24) is 4.90 Å². The molecule has 8 heteroatoms. The second-order valence-electron chi connectivity index (χ2n) is 7.69. The van der Waals surface area contributed by atoms with E-state index >= 15 is 0 Å². The number of methoxy groups -OCH3 is 1. The molecule has 0 spiro atoms. The number of esters is 1. The van der Waals surface area contributed by atoms with Gasteiger partial charge in [-0.25, -0.2) is 9.69 Å². The quantitative estimate of drug-likeness (QED) is 0.469. The van der Waals surface area contributed by atoms with Crippen molar-refractivity contribution in [3.8, 4) is 0 Å². The van der Waals surface area contributed by atoms with Crippen LogP contribution in [-0.4, -0.2) is 47.8 Å². The van der Waals surface area contributed by atoms with Crippen molar-refractivity contribution >= 4 is 41.0 Å². The lowest BCUT2D eigenvalue weighted by Crippen LogP contribution is -2.50. The van der Waals surface area contributed by atoms with Crippen molar-refractivity contribution < 1.29 is 23.9 Å². The monoisotopic (exact) mass is 456 g/mol. The van der Waals surface area contributed by atoms with E-state index in [4.69, 9.17) is 11.6 Å². The van der Waals surface area contributed by atoms with Gasteiger partial charge in [0.1, 0.15) is 6.04 Å². The van der Waals surface area contributed by atoms with Crippen LogP contribution in [0.1, 0.15) is 42.6 Å². The van der Waals surface area contributed by atoms with E-state index in [9.17, 15) is 19.2 Å². The molecule has 32 heavy (non-hydrogen) atoms. The number of rotatable bonds is 7. The van der Waals surface area contributed by atoms with Gasteiger partial charge in [0.05, 0.1) is 31.2 Å². The van der Waals surface area contributed by atoms with Gasteiger partial charge in [-0.2, -0.15) is 0 Å². The first-order chi connectivity index (χ1) is 15.3. The van der Waals surface area contributed by atoms with E-state index in [-0.39, 0.29) is 24.8 Å². The number of benzene rings is 2. The van der Waals surface area contributed by atoms with Gasteiger partial charge in [-0.05, 0) is 55.3 Å². The SMILES string of the molecule is CCC(C)N(C(=O)Cc1ccc(Cl)cc1)C1CC(=O)N(c2ccc(C(=O)OC)cc2)C1=O. The van der Waals surface area contributed by atoms with Crippen LogP contribution < -0.4 is 4.90 Å². The van der Waals surface area contributed by atoms with Gasteiger partial charge >= 0.3 is 5.97 Å². The molecule has 3 amide bonds. The molecule has 3 rings (SSSR count). The highest BCUT2D eigenvalue weighted by atomic mass is 35.5. The highest BCUT2D eigenvalue weighted by molar-refractivity contribution is 6.30. The number of halogens is 1. The molecule has 7 nitrogen and oxygen atoms in total. The van der Waals surface area contributed by atoms with E-state index in [0.717, 1.165) is 10.5 Å². The normalized spacial score (nSPS) is 16.8. The van der Waals surface area contributed by atoms with Crippen LogP contribution in [0.4, 0.5) is 5.69 Å². The molecule has 0 N–H and O–H groups in total. The summed E-state index contributed by atoms with van der Waals surface area (Å²) >= 11 is 5.92. The summed E-state index contributed by atoms with van der Waals surface area (Å²) in [5.41, 5.74) is 1.44. The predicted octanol–water partition coefficient (Wildman–Crippen LogP) is 3.63. The van der Waals surface area contributed by atoms with Crippen molar-refractivity contribution in [3.63, 3.8) is 0 Å². The lowest BCUT2D eigenvalue weighted by atomic mass is 10.1. The van der Waals surface area contributed by atoms with Gasteiger partial charge in [-0.3, -0.25) is 14.4 Å². The Balaban J connectivity index is 1.84. The molecule has 2 unspecified atom stereocenters. The molecule has 0 aromatic heterocycles. The topological polar surface area (TPSA) is 84.0 Å². The van der Waals surface area contributed by atoms with E-state index in [0.29, 0.717) is 22.7 Å². The smallest absolute Gasteiger partial charge is 0.337 e. The summed E-state index contributed by atoms with van der Waals surface area (Å²) < 4.78 is 4.67. The maximum Gasteiger partial charge on any atom is 0.337 e. The van der Waals surface area contributed by atoms with Crippen LogP contribution in [-0.2, 0) is 25.5 Å². The van der Waals surface area contributed by atoms with E-state index < -0.39 is 23.8 Å². The Bertz CT molecular complexity index is 1020. The molecular weight excluding hydrogens is 432 g/mol. The fourth-order valence-corrected chi connectivity index (χ4v) is 3.89. The van der Waals surface area contributed by atoms with Crippen molar-refractivity contribution in [1.29, 1.82) is 0 Å². The Morgan fingerprint density at radius 3 is 2.31 bits per heavy atom. The van der Waals surface area contributed by atoms with Gasteiger partial charge in [0.2, 0.25) is 11.8 Å². The first kappa shape index (κ1) is 23.5. The molecule has 0 saturated carbocycles. The molecule has 0 radical (unpaired) electrons. The highest BCUT2D eigenvalue weighted by Gasteiger charge is 2.45. The first-order valence-corrected chi connectivity index (χ1v) is 10.7. The van der Waals surface area contributed by atoms with E-state index in [1.807, 2.05) is 13.8 Å². The number of nitrogens with zero attached hydrogens (tertiary/aromatic N) is 2. The Morgan fingerprint density at radius 2 is 1.75 bits per heavy atom. The van der Waals surface area contributed by atoms with Crippen molar-refractivity contribution in [2.45, 2.75) is 45.2 Å². The van der Waals surface area contributed by atoms with Crippen LogP contribution in [0.3, 0.4) is 0 Å². The van der Waals surface area contributed by atoms with Gasteiger partial charge in [0, 0.05) is 11.1 Å². The zero-order chi connectivity index (χ0) is 23.4. The maximum absolute atomic E-state index is 13.3. The third kappa shape index (κ3) is 4.83. The number of hydrogen-bond donors (Lipinski definition) is 0. The van der Waals surface area contributed by atoms with Crippen LogP contribution in [0.2, 0.25) is 5.02 Å². The number of hydrogen-bond acceptors (Lipinski definition) is 5. The Morgan fingerprint density at radius 1 is 1.12 bits per heavy atom. The third-order valence-electron chi connectivity index (χ3n) is 5.63. The summed E-state index contributed by atoms with van der Waals surface area (Å²) in [6.07, 6.45) is 0.653. The number of imide groups is 1. The molecule has 0 aliphatic carbocycles. The van der Waals surface area contributed by atoms with Crippen LogP contribution >= 0.6 is 11.6 Å². The summed E-state index contributed by atoms with van der Waals surface area (Å²) in [7, 11) is 1.28. The van der Waals surface area contributed by atoms with Crippen LogP contribution in [0.5, 0.6) is 0 Å². The minimum atomic E-state index is -0.877. The van der Waals surface area contributed by atoms with Crippen molar-refractivity contribution in [3.05, 3.63) is 64.7 Å². The van der Waals surface area contributed by atoms with Gasteiger partial charge in [-0.15, -0.1) is 0 Å². The molecule has 2 aromatic carbocycles. The van der Waals surface area contributed by atoms with Gasteiger partial charge < -0.3 is 9.64 Å². The average molecular weight is 457 g/mol. The van der Waals surface area contributed by atoms with Crippen molar-refractivity contribution in [2.75, 3.05) is 12.0 Å². The molecule has 1 aliphatic rings. The number of amides is 3. The van der Waals surface area contributed by atoms with Gasteiger partial charge in [0.15, 0.2) is 0 Å². The number of carbonyl (C=O) groups is 4. The average Bonchev–Trinajstić information content (AvgIpc) is 3.08. The number of carbonyl (C=O) groups excluding carboxylic acids is 4. The molecule has 2 atom stereocenters. The third-order valence-corrected chi connectivity index (χ3v) is 5.88.